The smallest absolute Gasteiger partial charge is 0.243 e. The molecule has 21 heavy (non-hydrogen) atoms. The summed E-state index contributed by atoms with van der Waals surface area (Å²) in [6, 6.07) is 1.89. The van der Waals surface area contributed by atoms with Gasteiger partial charge in [-0.25, -0.2) is 17.5 Å². The molecule has 5 nitrogen and oxygen atoms in total. The van der Waals surface area contributed by atoms with E-state index >= 15 is 0 Å². The molecule has 0 radical (unpaired) electrons. The topological polar surface area (TPSA) is 69.6 Å². The fraction of sp³-hybridized carbons (Fsp3) is 0.538. The Morgan fingerprint density at radius 3 is 2.57 bits per heavy atom. The molecule has 1 rings (SSSR count). The summed E-state index contributed by atoms with van der Waals surface area (Å²) >= 11 is 5.77. The van der Waals surface area contributed by atoms with E-state index in [-0.39, 0.29) is 16.6 Å². The lowest BCUT2D eigenvalue weighted by molar-refractivity contribution is 0.274. The van der Waals surface area contributed by atoms with Gasteiger partial charge in [-0.05, 0) is 46.1 Å². The predicted molar refractivity (Wildman–Crippen MR) is 80.3 cm³/mol. The van der Waals surface area contributed by atoms with Crippen LogP contribution in [0.4, 0.5) is 4.39 Å². The van der Waals surface area contributed by atoms with Crippen molar-refractivity contribution in [1.29, 1.82) is 0 Å². The molecule has 1 aromatic carbocycles. The quantitative estimate of drug-likeness (QED) is 0.792. The first-order chi connectivity index (χ1) is 9.67. The van der Waals surface area contributed by atoms with Gasteiger partial charge in [0, 0.05) is 16.6 Å². The number of hydrogen-bond donors (Lipinski definition) is 2. The Balaban J connectivity index is 3.00. The summed E-state index contributed by atoms with van der Waals surface area (Å²) in [4.78, 5) is 1.38. The minimum Gasteiger partial charge on any atom is -0.392 e. The van der Waals surface area contributed by atoms with E-state index < -0.39 is 27.3 Å². The number of nitrogens with zero attached hydrogens (tertiary/aromatic N) is 1. The lowest BCUT2D eigenvalue weighted by Crippen LogP contribution is -2.35. The van der Waals surface area contributed by atoms with Gasteiger partial charge in [-0.15, -0.1) is 0 Å². The van der Waals surface area contributed by atoms with E-state index in [1.807, 2.05) is 19.0 Å². The number of aliphatic hydroxyl groups excluding tert-OH is 1. The third-order valence-electron chi connectivity index (χ3n) is 2.90. The van der Waals surface area contributed by atoms with E-state index in [0.29, 0.717) is 13.0 Å². The third kappa shape index (κ3) is 5.19. The molecule has 0 fully saturated rings. The average molecular weight is 339 g/mol. The van der Waals surface area contributed by atoms with Crippen LogP contribution in [0.2, 0.25) is 5.02 Å². The number of sulfonamides is 1. The highest BCUT2D eigenvalue weighted by Gasteiger charge is 2.24. The molecule has 1 unspecified atom stereocenters. The second kappa shape index (κ2) is 7.51. The Bertz CT molecular complexity index is 593. The predicted octanol–water partition coefficient (Wildman–Crippen LogP) is 1.59. The van der Waals surface area contributed by atoms with Crippen LogP contribution in [0.1, 0.15) is 18.9 Å². The Morgan fingerprint density at radius 2 is 2.05 bits per heavy atom. The Hall–Kier alpha value is -0.730. The second-order valence-corrected chi connectivity index (χ2v) is 7.27. The molecular weight excluding hydrogens is 319 g/mol. The maximum atomic E-state index is 14.1. The van der Waals surface area contributed by atoms with Crippen molar-refractivity contribution in [2.75, 3.05) is 20.6 Å². The van der Waals surface area contributed by atoms with E-state index in [4.69, 9.17) is 16.7 Å². The highest BCUT2D eigenvalue weighted by atomic mass is 35.5. The summed E-state index contributed by atoms with van der Waals surface area (Å²) in [7, 11) is -0.272. The first-order valence-corrected chi connectivity index (χ1v) is 8.29. The van der Waals surface area contributed by atoms with Crippen LogP contribution in [-0.4, -0.2) is 45.1 Å². The first-order valence-electron chi connectivity index (χ1n) is 6.43. The van der Waals surface area contributed by atoms with Crippen LogP contribution in [0.3, 0.4) is 0 Å². The first kappa shape index (κ1) is 18.3. The molecule has 120 valence electrons. The molecule has 2 N–H and O–H groups in total. The second-order valence-electron chi connectivity index (χ2n) is 5.15. The van der Waals surface area contributed by atoms with E-state index in [9.17, 15) is 12.8 Å². The van der Waals surface area contributed by atoms with Crippen molar-refractivity contribution in [3.63, 3.8) is 0 Å². The van der Waals surface area contributed by atoms with E-state index in [1.165, 1.54) is 6.07 Å². The van der Waals surface area contributed by atoms with Crippen LogP contribution >= 0.6 is 11.6 Å². The lowest BCUT2D eigenvalue weighted by atomic mass is 10.2. The summed E-state index contributed by atoms with van der Waals surface area (Å²) in [5.74, 6) is -0.978. The summed E-state index contributed by atoms with van der Waals surface area (Å²) in [5, 5.41) is 9.10. The number of halogens is 2. The van der Waals surface area contributed by atoms with Gasteiger partial charge in [0.15, 0.2) is 0 Å². The van der Waals surface area contributed by atoms with Gasteiger partial charge in [-0.3, -0.25) is 0 Å². The van der Waals surface area contributed by atoms with Crippen LogP contribution < -0.4 is 4.72 Å². The maximum absolute atomic E-state index is 14.1. The number of nitrogens with one attached hydrogen (secondary N) is 1. The van der Waals surface area contributed by atoms with Gasteiger partial charge >= 0.3 is 0 Å². The Morgan fingerprint density at radius 1 is 1.43 bits per heavy atom. The SMILES string of the molecule is CC(CCN(C)C)NS(=O)(=O)c1cc(Cl)cc(CO)c1F. The van der Waals surface area contributed by atoms with Crippen molar-refractivity contribution in [2.24, 2.45) is 0 Å². The zero-order chi connectivity index (χ0) is 16.2. The van der Waals surface area contributed by atoms with Gasteiger partial charge in [-0.1, -0.05) is 11.6 Å². The zero-order valence-corrected chi connectivity index (χ0v) is 13.8. The van der Waals surface area contributed by atoms with Crippen LogP contribution in [0.25, 0.3) is 0 Å². The molecular formula is C13H20ClFN2O3S. The van der Waals surface area contributed by atoms with Crippen LogP contribution in [0, 0.1) is 5.82 Å². The van der Waals surface area contributed by atoms with Crippen LogP contribution in [0.15, 0.2) is 17.0 Å². The number of benzene rings is 1. The van der Waals surface area contributed by atoms with Gasteiger partial charge < -0.3 is 10.0 Å². The third-order valence-corrected chi connectivity index (χ3v) is 4.71. The zero-order valence-electron chi connectivity index (χ0n) is 12.2. The molecule has 0 saturated heterocycles. The van der Waals surface area contributed by atoms with E-state index in [2.05, 4.69) is 4.72 Å². The maximum Gasteiger partial charge on any atom is 0.243 e. The molecule has 8 heteroatoms. The molecule has 1 aromatic rings. The molecule has 0 heterocycles. The largest absolute Gasteiger partial charge is 0.392 e. The number of aliphatic hydroxyl groups is 1. The van der Waals surface area contributed by atoms with E-state index in [1.54, 1.807) is 6.92 Å². The van der Waals surface area contributed by atoms with Gasteiger partial charge in [-0.2, -0.15) is 0 Å². The number of hydrogen-bond acceptors (Lipinski definition) is 4. The van der Waals surface area contributed by atoms with Crippen molar-refractivity contribution in [3.8, 4) is 0 Å². The molecule has 0 bridgehead atoms. The van der Waals surface area contributed by atoms with Crippen molar-refractivity contribution in [1.82, 2.24) is 9.62 Å². The lowest BCUT2D eigenvalue weighted by Gasteiger charge is -2.17. The van der Waals surface area contributed by atoms with Crippen molar-refractivity contribution < 1.29 is 17.9 Å². The monoisotopic (exact) mass is 338 g/mol. The minimum absolute atomic E-state index is 0.0572. The fourth-order valence-corrected chi connectivity index (χ4v) is 3.50. The van der Waals surface area contributed by atoms with Crippen molar-refractivity contribution >= 4 is 21.6 Å². The standard InChI is InChI=1S/C13H20ClFN2O3S/c1-9(4-5-17(2)3)16-21(19,20)12-7-11(14)6-10(8-18)13(12)15/h6-7,9,16,18H,4-5,8H2,1-3H3. The van der Waals surface area contributed by atoms with Gasteiger partial charge in [0.1, 0.15) is 10.7 Å². The number of rotatable bonds is 7. The molecule has 0 amide bonds. The highest BCUT2D eigenvalue weighted by molar-refractivity contribution is 7.89. The van der Waals surface area contributed by atoms with Crippen molar-refractivity contribution in [3.05, 3.63) is 28.5 Å². The molecule has 1 atom stereocenters. The average Bonchev–Trinajstić information content (AvgIpc) is 2.38. The molecule has 0 aliphatic carbocycles. The summed E-state index contributed by atoms with van der Waals surface area (Å²) in [5.41, 5.74) is -0.149. The van der Waals surface area contributed by atoms with E-state index in [0.717, 1.165) is 6.07 Å². The molecule has 0 aliphatic rings. The fourth-order valence-electron chi connectivity index (χ4n) is 1.77. The van der Waals surface area contributed by atoms with Gasteiger partial charge in [0.25, 0.3) is 0 Å². The van der Waals surface area contributed by atoms with Crippen LogP contribution in [0.5, 0.6) is 0 Å². The van der Waals surface area contributed by atoms with Gasteiger partial charge in [0.2, 0.25) is 10.0 Å². The minimum atomic E-state index is -4.03. The Kier molecular flexibility index (Phi) is 6.55. The van der Waals surface area contributed by atoms with Gasteiger partial charge in [0.05, 0.1) is 6.61 Å². The highest BCUT2D eigenvalue weighted by Crippen LogP contribution is 2.24. The normalized spacial score (nSPS) is 13.7. The molecule has 0 aliphatic heterocycles. The van der Waals surface area contributed by atoms with Crippen LogP contribution in [-0.2, 0) is 16.6 Å². The molecule has 0 aromatic heterocycles. The summed E-state index contributed by atoms with van der Waals surface area (Å²) < 4.78 is 40.9. The summed E-state index contributed by atoms with van der Waals surface area (Å²) in [6.07, 6.45) is 0.585. The molecule has 0 saturated carbocycles. The summed E-state index contributed by atoms with van der Waals surface area (Å²) in [6.45, 7) is 1.78. The molecule has 0 spiro atoms. The Labute approximate surface area is 129 Å². The van der Waals surface area contributed by atoms with Crippen molar-refractivity contribution in [2.45, 2.75) is 30.9 Å².